The minimum absolute atomic E-state index is 0.767. The first kappa shape index (κ1) is 13.1. The van der Waals surface area contributed by atoms with E-state index in [1.54, 1.807) is 7.11 Å². The van der Waals surface area contributed by atoms with Gasteiger partial charge in [0.1, 0.15) is 0 Å². The zero-order valence-corrected chi connectivity index (χ0v) is 10.8. The highest BCUT2D eigenvalue weighted by molar-refractivity contribution is 5.79. The second kappa shape index (κ2) is 7.16. The average Bonchev–Trinajstić information content (AvgIpc) is 2.85. The molecule has 3 N–H and O–H groups in total. The van der Waals surface area contributed by atoms with E-state index in [0.29, 0.717) is 0 Å². The van der Waals surface area contributed by atoms with Gasteiger partial charge in [-0.2, -0.15) is 0 Å². The molecule has 0 bridgehead atoms. The first-order valence-electron chi connectivity index (χ1n) is 6.36. The SMILES string of the molecule is COCCNCCNCc1ccc2cc[nH]c2c1. The molecule has 0 saturated carbocycles. The molecule has 0 aliphatic rings. The Bertz CT molecular complexity index is 467. The third kappa shape index (κ3) is 3.84. The number of fused-ring (bicyclic) bond motifs is 1. The van der Waals surface area contributed by atoms with E-state index in [1.165, 1.54) is 16.5 Å². The molecule has 0 atom stereocenters. The summed E-state index contributed by atoms with van der Waals surface area (Å²) in [4.78, 5) is 3.23. The molecular formula is C14H21N3O. The molecule has 98 valence electrons. The van der Waals surface area contributed by atoms with Crippen LogP contribution < -0.4 is 10.6 Å². The monoisotopic (exact) mass is 247 g/mol. The topological polar surface area (TPSA) is 49.1 Å². The van der Waals surface area contributed by atoms with E-state index < -0.39 is 0 Å². The van der Waals surface area contributed by atoms with Gasteiger partial charge < -0.3 is 20.4 Å². The van der Waals surface area contributed by atoms with Crippen LogP contribution in [0.25, 0.3) is 10.9 Å². The lowest BCUT2D eigenvalue weighted by Gasteiger charge is -2.06. The molecule has 0 amide bonds. The van der Waals surface area contributed by atoms with Gasteiger partial charge in [-0.15, -0.1) is 0 Å². The molecule has 0 fully saturated rings. The van der Waals surface area contributed by atoms with Crippen molar-refractivity contribution in [3.05, 3.63) is 36.0 Å². The molecule has 4 nitrogen and oxygen atoms in total. The van der Waals surface area contributed by atoms with Crippen LogP contribution in [0, 0.1) is 0 Å². The van der Waals surface area contributed by atoms with E-state index in [9.17, 15) is 0 Å². The second-order valence-corrected chi connectivity index (χ2v) is 4.32. The summed E-state index contributed by atoms with van der Waals surface area (Å²) in [5, 5.41) is 7.99. The predicted octanol–water partition coefficient (Wildman–Crippen LogP) is 1.49. The van der Waals surface area contributed by atoms with Gasteiger partial charge in [0.05, 0.1) is 6.61 Å². The predicted molar refractivity (Wildman–Crippen MR) is 74.8 cm³/mol. The van der Waals surface area contributed by atoms with Crippen molar-refractivity contribution >= 4 is 10.9 Å². The lowest BCUT2D eigenvalue weighted by molar-refractivity contribution is 0.199. The smallest absolute Gasteiger partial charge is 0.0587 e. The number of aromatic amines is 1. The average molecular weight is 247 g/mol. The molecule has 0 aliphatic heterocycles. The fourth-order valence-corrected chi connectivity index (χ4v) is 1.91. The van der Waals surface area contributed by atoms with Gasteiger partial charge in [0.2, 0.25) is 0 Å². The Kier molecular flexibility index (Phi) is 5.20. The van der Waals surface area contributed by atoms with Gasteiger partial charge in [-0.1, -0.05) is 12.1 Å². The molecule has 18 heavy (non-hydrogen) atoms. The van der Waals surface area contributed by atoms with Crippen LogP contribution in [0.1, 0.15) is 5.56 Å². The van der Waals surface area contributed by atoms with Gasteiger partial charge in [0.15, 0.2) is 0 Å². The van der Waals surface area contributed by atoms with Crippen LogP contribution in [0.3, 0.4) is 0 Å². The Balaban J connectivity index is 1.67. The quantitative estimate of drug-likeness (QED) is 0.620. The van der Waals surface area contributed by atoms with Crippen molar-refractivity contribution in [2.75, 3.05) is 33.4 Å². The van der Waals surface area contributed by atoms with Crippen LogP contribution in [0.5, 0.6) is 0 Å². The second-order valence-electron chi connectivity index (χ2n) is 4.32. The number of methoxy groups -OCH3 is 1. The van der Waals surface area contributed by atoms with Crippen molar-refractivity contribution in [3.8, 4) is 0 Å². The van der Waals surface area contributed by atoms with Crippen LogP contribution in [0.2, 0.25) is 0 Å². The molecule has 2 rings (SSSR count). The summed E-state index contributed by atoms with van der Waals surface area (Å²) in [7, 11) is 1.72. The highest BCUT2D eigenvalue weighted by atomic mass is 16.5. The number of benzene rings is 1. The summed E-state index contributed by atoms with van der Waals surface area (Å²) in [5.41, 5.74) is 2.51. The zero-order valence-electron chi connectivity index (χ0n) is 10.8. The minimum atomic E-state index is 0.767. The van der Waals surface area contributed by atoms with E-state index in [1.807, 2.05) is 6.20 Å². The largest absolute Gasteiger partial charge is 0.383 e. The number of hydrogen-bond donors (Lipinski definition) is 3. The van der Waals surface area contributed by atoms with Gasteiger partial charge in [-0.25, -0.2) is 0 Å². The molecule has 2 aromatic rings. The molecule has 1 aromatic heterocycles. The van der Waals surface area contributed by atoms with Gasteiger partial charge in [0.25, 0.3) is 0 Å². The normalized spacial score (nSPS) is 11.2. The molecule has 1 heterocycles. The Hall–Kier alpha value is -1.36. The van der Waals surface area contributed by atoms with E-state index in [0.717, 1.165) is 32.8 Å². The van der Waals surface area contributed by atoms with Crippen LogP contribution in [-0.2, 0) is 11.3 Å². The number of rotatable bonds is 8. The molecule has 0 spiro atoms. The van der Waals surface area contributed by atoms with Crippen molar-refractivity contribution in [1.29, 1.82) is 0 Å². The van der Waals surface area contributed by atoms with E-state index >= 15 is 0 Å². The Morgan fingerprint density at radius 2 is 2.00 bits per heavy atom. The number of H-pyrrole nitrogens is 1. The maximum Gasteiger partial charge on any atom is 0.0587 e. The Morgan fingerprint density at radius 3 is 2.89 bits per heavy atom. The highest BCUT2D eigenvalue weighted by Gasteiger charge is 1.96. The third-order valence-electron chi connectivity index (χ3n) is 2.91. The lowest BCUT2D eigenvalue weighted by Crippen LogP contribution is -2.29. The first-order valence-corrected chi connectivity index (χ1v) is 6.36. The Morgan fingerprint density at radius 1 is 1.11 bits per heavy atom. The summed E-state index contributed by atoms with van der Waals surface area (Å²) in [6.07, 6.45) is 1.97. The van der Waals surface area contributed by atoms with Gasteiger partial charge in [0, 0.05) is 45.0 Å². The first-order chi connectivity index (χ1) is 8.90. The highest BCUT2D eigenvalue weighted by Crippen LogP contribution is 2.13. The van der Waals surface area contributed by atoms with Crippen LogP contribution >= 0.6 is 0 Å². The van der Waals surface area contributed by atoms with Gasteiger partial charge in [-0.3, -0.25) is 0 Å². The molecule has 1 aromatic carbocycles. The standard InChI is InChI=1S/C14H21N3O/c1-18-9-8-15-6-7-16-11-12-2-3-13-4-5-17-14(13)10-12/h2-5,10,15-17H,6-9,11H2,1H3. The number of ether oxygens (including phenoxy) is 1. The van der Waals surface area contributed by atoms with E-state index in [-0.39, 0.29) is 0 Å². The van der Waals surface area contributed by atoms with Gasteiger partial charge in [-0.05, 0) is 23.1 Å². The summed E-state index contributed by atoms with van der Waals surface area (Å²) in [6, 6.07) is 8.61. The van der Waals surface area contributed by atoms with Crippen molar-refractivity contribution in [1.82, 2.24) is 15.6 Å². The van der Waals surface area contributed by atoms with Crippen molar-refractivity contribution in [2.24, 2.45) is 0 Å². The van der Waals surface area contributed by atoms with Crippen LogP contribution in [0.15, 0.2) is 30.5 Å². The van der Waals surface area contributed by atoms with E-state index in [4.69, 9.17) is 4.74 Å². The summed E-state index contributed by atoms with van der Waals surface area (Å²) >= 11 is 0. The fraction of sp³-hybridized carbons (Fsp3) is 0.429. The molecule has 0 unspecified atom stereocenters. The maximum absolute atomic E-state index is 4.96. The van der Waals surface area contributed by atoms with Crippen molar-refractivity contribution < 1.29 is 4.74 Å². The molecule has 4 heteroatoms. The lowest BCUT2D eigenvalue weighted by atomic mass is 10.1. The number of hydrogen-bond acceptors (Lipinski definition) is 3. The summed E-state index contributed by atoms with van der Waals surface area (Å²) < 4.78 is 4.96. The van der Waals surface area contributed by atoms with Crippen LogP contribution in [0.4, 0.5) is 0 Å². The third-order valence-corrected chi connectivity index (χ3v) is 2.91. The maximum atomic E-state index is 4.96. The number of nitrogens with one attached hydrogen (secondary N) is 3. The molecular weight excluding hydrogens is 226 g/mol. The van der Waals surface area contributed by atoms with Crippen molar-refractivity contribution in [2.45, 2.75) is 6.54 Å². The summed E-state index contributed by atoms with van der Waals surface area (Å²) in [6.45, 7) is 4.51. The number of aromatic nitrogens is 1. The van der Waals surface area contributed by atoms with Crippen LogP contribution in [-0.4, -0.2) is 38.3 Å². The van der Waals surface area contributed by atoms with E-state index in [2.05, 4.69) is 39.9 Å². The fourth-order valence-electron chi connectivity index (χ4n) is 1.91. The van der Waals surface area contributed by atoms with Crippen molar-refractivity contribution in [3.63, 3.8) is 0 Å². The molecule has 0 aliphatic carbocycles. The van der Waals surface area contributed by atoms with Gasteiger partial charge >= 0.3 is 0 Å². The summed E-state index contributed by atoms with van der Waals surface area (Å²) in [5.74, 6) is 0. The Labute approximate surface area is 108 Å². The minimum Gasteiger partial charge on any atom is -0.383 e. The zero-order chi connectivity index (χ0) is 12.6. The molecule has 0 saturated heterocycles. The molecule has 0 radical (unpaired) electrons.